The first-order chi connectivity index (χ1) is 19.1. The fourth-order valence-corrected chi connectivity index (χ4v) is 6.38. The highest BCUT2D eigenvalue weighted by molar-refractivity contribution is 14.1. The largest absolute Gasteiger partial charge is 0.354 e. The number of benzene rings is 3. The second-order valence-corrected chi connectivity index (χ2v) is 13.1. The Kier molecular flexibility index (Phi) is 12.1. The molecule has 3 aromatic rings. The number of hydrogen-bond donors (Lipinski definition) is 1. The number of halogens is 3. The molecule has 0 saturated carbocycles. The van der Waals surface area contributed by atoms with Crippen LogP contribution in [0.4, 0.5) is 5.69 Å². The van der Waals surface area contributed by atoms with Gasteiger partial charge in [-0.2, -0.15) is 0 Å². The fourth-order valence-electron chi connectivity index (χ4n) is 4.11. The third kappa shape index (κ3) is 8.34. The lowest BCUT2D eigenvalue weighted by atomic mass is 10.1. The molecule has 1 atom stereocenters. The van der Waals surface area contributed by atoms with E-state index in [-0.39, 0.29) is 17.3 Å². The van der Waals surface area contributed by atoms with Crippen molar-refractivity contribution in [1.82, 2.24) is 10.2 Å². The molecule has 2 amide bonds. The average Bonchev–Trinajstić information content (AvgIpc) is 2.93. The lowest BCUT2D eigenvalue weighted by Crippen LogP contribution is -2.52. The van der Waals surface area contributed by atoms with E-state index in [9.17, 15) is 18.0 Å². The maximum Gasteiger partial charge on any atom is 0.264 e. The predicted octanol–water partition coefficient (Wildman–Crippen LogP) is 6.52. The van der Waals surface area contributed by atoms with Crippen LogP contribution in [0.1, 0.15) is 38.7 Å². The first-order valence-corrected chi connectivity index (χ1v) is 16.2. The monoisotopic (exact) mass is 715 g/mol. The summed E-state index contributed by atoms with van der Waals surface area (Å²) in [6, 6.07) is 18.9. The summed E-state index contributed by atoms with van der Waals surface area (Å²) in [4.78, 5) is 28.8. The number of nitrogens with zero attached hydrogens (tertiary/aromatic N) is 2. The minimum absolute atomic E-state index is 0.000449. The van der Waals surface area contributed by atoms with Crippen molar-refractivity contribution >= 4 is 73.3 Å². The highest BCUT2D eigenvalue weighted by Crippen LogP contribution is 2.27. The van der Waals surface area contributed by atoms with Crippen LogP contribution in [-0.2, 0) is 26.2 Å². The number of anilines is 1. The van der Waals surface area contributed by atoms with Crippen molar-refractivity contribution in [3.05, 3.63) is 92.0 Å². The van der Waals surface area contributed by atoms with Gasteiger partial charge < -0.3 is 10.2 Å². The van der Waals surface area contributed by atoms with Crippen molar-refractivity contribution in [3.63, 3.8) is 0 Å². The number of sulfonamides is 1. The molecular formula is C29H32Cl2IN3O4S. The Morgan fingerprint density at radius 3 is 2.25 bits per heavy atom. The molecule has 0 aliphatic rings. The summed E-state index contributed by atoms with van der Waals surface area (Å²) in [7, 11) is -4.11. The van der Waals surface area contributed by atoms with Crippen LogP contribution in [-0.4, -0.2) is 44.3 Å². The zero-order valence-corrected chi connectivity index (χ0v) is 26.8. The third-order valence-electron chi connectivity index (χ3n) is 6.30. The zero-order valence-electron chi connectivity index (χ0n) is 22.3. The van der Waals surface area contributed by atoms with Gasteiger partial charge in [-0.25, -0.2) is 8.42 Å². The number of unbranched alkanes of at least 4 members (excludes halogenated alkanes) is 1. The van der Waals surface area contributed by atoms with Crippen molar-refractivity contribution < 1.29 is 18.0 Å². The quantitative estimate of drug-likeness (QED) is 0.161. The number of carbonyl (C=O) groups is 2. The Hall–Kier alpha value is -2.34. The summed E-state index contributed by atoms with van der Waals surface area (Å²) in [6.07, 6.45) is 2.03. The van der Waals surface area contributed by atoms with Crippen molar-refractivity contribution in [2.75, 3.05) is 17.4 Å². The Morgan fingerprint density at radius 2 is 1.65 bits per heavy atom. The fraction of sp³-hybridized carbons (Fsp3) is 0.310. The Morgan fingerprint density at radius 1 is 0.975 bits per heavy atom. The molecule has 0 aromatic heterocycles. The van der Waals surface area contributed by atoms with Gasteiger partial charge in [0, 0.05) is 26.7 Å². The molecule has 11 heteroatoms. The SMILES string of the molecule is CCCCNC(=O)[C@H](CC)N(Cc1ccc(Cl)cc1Cl)C(=O)CN(c1ccc(I)cc1)S(=O)(=O)c1ccccc1. The molecule has 40 heavy (non-hydrogen) atoms. The van der Waals surface area contributed by atoms with Gasteiger partial charge in [-0.3, -0.25) is 13.9 Å². The van der Waals surface area contributed by atoms with Crippen molar-refractivity contribution in [2.24, 2.45) is 0 Å². The molecule has 0 spiro atoms. The van der Waals surface area contributed by atoms with Gasteiger partial charge in [0.15, 0.2) is 0 Å². The molecular weight excluding hydrogens is 684 g/mol. The topological polar surface area (TPSA) is 86.8 Å². The van der Waals surface area contributed by atoms with Gasteiger partial charge in [0.25, 0.3) is 10.0 Å². The van der Waals surface area contributed by atoms with Gasteiger partial charge in [0.2, 0.25) is 11.8 Å². The lowest BCUT2D eigenvalue weighted by molar-refractivity contribution is -0.140. The molecule has 0 fully saturated rings. The summed E-state index contributed by atoms with van der Waals surface area (Å²) in [5.41, 5.74) is 0.925. The van der Waals surface area contributed by atoms with Crippen LogP contribution in [0.5, 0.6) is 0 Å². The first kappa shape index (κ1) is 32.2. The molecule has 0 aliphatic heterocycles. The van der Waals surface area contributed by atoms with Gasteiger partial charge in [0.05, 0.1) is 10.6 Å². The van der Waals surface area contributed by atoms with E-state index in [2.05, 4.69) is 27.9 Å². The first-order valence-electron chi connectivity index (χ1n) is 12.9. The molecule has 1 N–H and O–H groups in total. The summed E-state index contributed by atoms with van der Waals surface area (Å²) >= 11 is 14.7. The van der Waals surface area contributed by atoms with Gasteiger partial charge in [0.1, 0.15) is 12.6 Å². The van der Waals surface area contributed by atoms with Crippen LogP contribution in [0, 0.1) is 3.57 Å². The van der Waals surface area contributed by atoms with Crippen molar-refractivity contribution in [3.8, 4) is 0 Å². The molecule has 0 aliphatic carbocycles. The van der Waals surface area contributed by atoms with E-state index in [0.29, 0.717) is 34.3 Å². The van der Waals surface area contributed by atoms with Crippen molar-refractivity contribution in [1.29, 1.82) is 0 Å². The molecule has 0 unspecified atom stereocenters. The number of rotatable bonds is 13. The van der Waals surface area contributed by atoms with E-state index in [0.717, 1.165) is 20.7 Å². The Bertz CT molecular complexity index is 1410. The Balaban J connectivity index is 2.04. The standard InChI is InChI=1S/C29H32Cl2IN3O4S/c1-3-5-17-33-29(37)27(4-2)34(19-21-11-12-22(30)18-26(21)31)28(36)20-35(24-15-13-23(32)14-16-24)40(38,39)25-9-7-6-8-10-25/h6-16,18,27H,3-5,17,19-20H2,1-2H3,(H,33,37)/t27-/m0/s1. The highest BCUT2D eigenvalue weighted by atomic mass is 127. The normalized spacial score (nSPS) is 12.0. The third-order valence-corrected chi connectivity index (χ3v) is 9.39. The van der Waals surface area contributed by atoms with Gasteiger partial charge in [-0.1, -0.05) is 67.7 Å². The van der Waals surface area contributed by atoms with Crippen molar-refractivity contribution in [2.45, 2.75) is 50.6 Å². The molecule has 0 saturated heterocycles. The summed E-state index contributed by atoms with van der Waals surface area (Å²) < 4.78 is 29.6. The van der Waals surface area contributed by atoms with E-state index in [1.165, 1.54) is 17.0 Å². The highest BCUT2D eigenvalue weighted by Gasteiger charge is 2.33. The van der Waals surface area contributed by atoms with E-state index >= 15 is 0 Å². The molecule has 7 nitrogen and oxygen atoms in total. The maximum absolute atomic E-state index is 14.1. The van der Waals surface area contributed by atoms with E-state index in [1.54, 1.807) is 60.7 Å². The number of amides is 2. The van der Waals surface area contributed by atoms with Crippen LogP contribution < -0.4 is 9.62 Å². The smallest absolute Gasteiger partial charge is 0.264 e. The number of hydrogen-bond acceptors (Lipinski definition) is 4. The zero-order chi connectivity index (χ0) is 29.3. The molecule has 0 heterocycles. The average molecular weight is 716 g/mol. The molecule has 3 rings (SSSR count). The molecule has 3 aromatic carbocycles. The van der Waals surface area contributed by atoms with Gasteiger partial charge >= 0.3 is 0 Å². The Labute approximate surface area is 260 Å². The van der Waals surface area contributed by atoms with E-state index in [1.807, 2.05) is 13.8 Å². The van der Waals surface area contributed by atoms with Crippen LogP contribution in [0.2, 0.25) is 10.0 Å². The van der Waals surface area contributed by atoms with Gasteiger partial charge in [-0.05, 0) is 89.5 Å². The lowest BCUT2D eigenvalue weighted by Gasteiger charge is -2.33. The number of carbonyl (C=O) groups excluding carboxylic acids is 2. The summed E-state index contributed by atoms with van der Waals surface area (Å²) in [6.45, 7) is 3.80. The maximum atomic E-state index is 14.1. The van der Waals surface area contributed by atoms with E-state index < -0.39 is 28.5 Å². The van der Waals surface area contributed by atoms with E-state index in [4.69, 9.17) is 23.2 Å². The number of nitrogens with one attached hydrogen (secondary N) is 1. The molecule has 0 radical (unpaired) electrons. The summed E-state index contributed by atoms with van der Waals surface area (Å²) in [5, 5.41) is 3.69. The van der Waals surface area contributed by atoms with Crippen LogP contribution in [0.25, 0.3) is 0 Å². The molecule has 214 valence electrons. The second-order valence-electron chi connectivity index (χ2n) is 9.13. The van der Waals surface area contributed by atoms with Crippen LogP contribution >= 0.6 is 45.8 Å². The predicted molar refractivity (Wildman–Crippen MR) is 169 cm³/mol. The van der Waals surface area contributed by atoms with Crippen LogP contribution in [0.3, 0.4) is 0 Å². The minimum Gasteiger partial charge on any atom is -0.354 e. The second kappa shape index (κ2) is 15.0. The van der Waals surface area contributed by atoms with Crippen LogP contribution in [0.15, 0.2) is 77.7 Å². The molecule has 0 bridgehead atoms. The minimum atomic E-state index is -4.11. The van der Waals surface area contributed by atoms with Gasteiger partial charge in [-0.15, -0.1) is 0 Å². The summed E-state index contributed by atoms with van der Waals surface area (Å²) in [5.74, 6) is -0.845.